The fourth-order valence-electron chi connectivity index (χ4n) is 1.98. The lowest BCUT2D eigenvalue weighted by atomic mass is 10.0. The van der Waals surface area contributed by atoms with Crippen molar-refractivity contribution in [2.75, 3.05) is 27.2 Å². The van der Waals surface area contributed by atoms with Gasteiger partial charge in [-0.05, 0) is 63.9 Å². The van der Waals surface area contributed by atoms with E-state index in [1.807, 2.05) is 0 Å². The maximum absolute atomic E-state index is 5.81. The van der Waals surface area contributed by atoms with Gasteiger partial charge in [0.1, 0.15) is 5.75 Å². The SMILES string of the molecule is COc1cc(C)c(C)cc1CCN(C)C(C)(C)CN. The first-order valence-corrected chi connectivity index (χ1v) is 6.87. The second kappa shape index (κ2) is 6.40. The van der Waals surface area contributed by atoms with Gasteiger partial charge in [-0.3, -0.25) is 4.90 Å². The van der Waals surface area contributed by atoms with E-state index in [1.165, 1.54) is 16.7 Å². The Hall–Kier alpha value is -1.06. The molecule has 0 bridgehead atoms. The molecule has 0 saturated heterocycles. The van der Waals surface area contributed by atoms with Crippen molar-refractivity contribution in [1.82, 2.24) is 4.90 Å². The molecule has 19 heavy (non-hydrogen) atoms. The van der Waals surface area contributed by atoms with Crippen molar-refractivity contribution in [1.29, 1.82) is 0 Å². The quantitative estimate of drug-likeness (QED) is 0.858. The molecule has 0 aromatic heterocycles. The van der Waals surface area contributed by atoms with Crippen LogP contribution < -0.4 is 10.5 Å². The molecule has 0 spiro atoms. The smallest absolute Gasteiger partial charge is 0.122 e. The summed E-state index contributed by atoms with van der Waals surface area (Å²) in [6.07, 6.45) is 0.976. The highest BCUT2D eigenvalue weighted by Crippen LogP contribution is 2.24. The van der Waals surface area contributed by atoms with Crippen molar-refractivity contribution in [3.63, 3.8) is 0 Å². The van der Waals surface area contributed by atoms with Gasteiger partial charge < -0.3 is 10.5 Å². The van der Waals surface area contributed by atoms with Crippen LogP contribution in [-0.2, 0) is 6.42 Å². The van der Waals surface area contributed by atoms with Gasteiger partial charge in [0.25, 0.3) is 0 Å². The summed E-state index contributed by atoms with van der Waals surface area (Å²) in [5.41, 5.74) is 9.70. The Morgan fingerprint density at radius 1 is 1.21 bits per heavy atom. The molecular weight excluding hydrogens is 236 g/mol. The van der Waals surface area contributed by atoms with Crippen LogP contribution in [0.5, 0.6) is 5.75 Å². The number of methoxy groups -OCH3 is 1. The second-order valence-electron chi connectivity index (χ2n) is 5.94. The first-order valence-electron chi connectivity index (χ1n) is 6.87. The van der Waals surface area contributed by atoms with Crippen molar-refractivity contribution >= 4 is 0 Å². The van der Waals surface area contributed by atoms with Gasteiger partial charge in [-0.2, -0.15) is 0 Å². The van der Waals surface area contributed by atoms with E-state index >= 15 is 0 Å². The van der Waals surface area contributed by atoms with Gasteiger partial charge in [0, 0.05) is 18.6 Å². The van der Waals surface area contributed by atoms with E-state index in [-0.39, 0.29) is 5.54 Å². The van der Waals surface area contributed by atoms with E-state index in [1.54, 1.807) is 7.11 Å². The molecule has 0 unspecified atom stereocenters. The summed E-state index contributed by atoms with van der Waals surface area (Å²) in [6.45, 7) is 10.2. The van der Waals surface area contributed by atoms with Crippen LogP contribution in [0.3, 0.4) is 0 Å². The lowest BCUT2D eigenvalue weighted by Gasteiger charge is -2.34. The summed E-state index contributed by atoms with van der Waals surface area (Å²) in [5, 5.41) is 0. The van der Waals surface area contributed by atoms with Crippen LogP contribution in [0.15, 0.2) is 12.1 Å². The van der Waals surface area contributed by atoms with Gasteiger partial charge in [0.05, 0.1) is 7.11 Å². The molecule has 0 saturated carbocycles. The Labute approximate surface area is 117 Å². The van der Waals surface area contributed by atoms with Gasteiger partial charge in [-0.25, -0.2) is 0 Å². The molecule has 0 aliphatic rings. The Morgan fingerprint density at radius 3 is 2.32 bits per heavy atom. The van der Waals surface area contributed by atoms with Crippen LogP contribution in [0.25, 0.3) is 0 Å². The van der Waals surface area contributed by atoms with Crippen molar-refractivity contribution in [2.45, 2.75) is 39.7 Å². The molecule has 0 amide bonds. The number of benzene rings is 1. The lowest BCUT2D eigenvalue weighted by molar-refractivity contribution is 0.165. The summed E-state index contributed by atoms with van der Waals surface area (Å²) >= 11 is 0. The molecule has 3 heteroatoms. The van der Waals surface area contributed by atoms with Crippen LogP contribution in [-0.4, -0.2) is 37.7 Å². The first kappa shape index (κ1) is 16.0. The minimum absolute atomic E-state index is 0.0347. The largest absolute Gasteiger partial charge is 0.496 e. The summed E-state index contributed by atoms with van der Waals surface area (Å²) < 4.78 is 5.48. The second-order valence-corrected chi connectivity index (χ2v) is 5.94. The van der Waals surface area contributed by atoms with Crippen LogP contribution >= 0.6 is 0 Å². The van der Waals surface area contributed by atoms with E-state index < -0.39 is 0 Å². The highest BCUT2D eigenvalue weighted by Gasteiger charge is 2.21. The molecule has 1 rings (SSSR count). The fourth-order valence-corrected chi connectivity index (χ4v) is 1.98. The Morgan fingerprint density at radius 2 is 1.79 bits per heavy atom. The normalized spacial score (nSPS) is 12.0. The number of hydrogen-bond acceptors (Lipinski definition) is 3. The number of nitrogens with zero attached hydrogens (tertiary/aromatic N) is 1. The summed E-state index contributed by atoms with van der Waals surface area (Å²) in [4.78, 5) is 2.31. The van der Waals surface area contributed by atoms with Crippen LogP contribution in [0.2, 0.25) is 0 Å². The molecule has 2 N–H and O–H groups in total. The minimum Gasteiger partial charge on any atom is -0.496 e. The van der Waals surface area contributed by atoms with E-state index in [0.717, 1.165) is 18.7 Å². The van der Waals surface area contributed by atoms with Gasteiger partial charge >= 0.3 is 0 Å². The molecule has 3 nitrogen and oxygen atoms in total. The first-order chi connectivity index (χ1) is 8.81. The number of ether oxygens (including phenoxy) is 1. The van der Waals surface area contributed by atoms with Gasteiger partial charge in [-0.1, -0.05) is 6.07 Å². The van der Waals surface area contributed by atoms with Crippen LogP contribution in [0.4, 0.5) is 0 Å². The lowest BCUT2D eigenvalue weighted by Crippen LogP contribution is -2.47. The topological polar surface area (TPSA) is 38.5 Å². The van der Waals surface area contributed by atoms with E-state index in [0.29, 0.717) is 6.54 Å². The van der Waals surface area contributed by atoms with E-state index in [9.17, 15) is 0 Å². The fraction of sp³-hybridized carbons (Fsp3) is 0.625. The zero-order valence-corrected chi connectivity index (χ0v) is 13.2. The Bertz CT molecular complexity index is 427. The standard InChI is InChI=1S/C16H28N2O/c1-12-9-14(15(19-6)10-13(12)2)7-8-18(5)16(3,4)11-17/h9-10H,7-8,11,17H2,1-6H3. The monoisotopic (exact) mass is 264 g/mol. The third-order valence-corrected chi connectivity index (χ3v) is 4.15. The highest BCUT2D eigenvalue weighted by molar-refractivity contribution is 5.41. The number of rotatable bonds is 6. The van der Waals surface area contributed by atoms with Crippen molar-refractivity contribution in [3.05, 3.63) is 28.8 Å². The average Bonchev–Trinajstić information content (AvgIpc) is 2.38. The molecule has 0 heterocycles. The number of aryl methyl sites for hydroxylation is 2. The van der Waals surface area contributed by atoms with Crippen molar-refractivity contribution in [2.24, 2.45) is 5.73 Å². The van der Waals surface area contributed by atoms with Crippen LogP contribution in [0.1, 0.15) is 30.5 Å². The molecule has 0 fully saturated rings. The molecule has 0 aliphatic heterocycles. The molecule has 108 valence electrons. The van der Waals surface area contributed by atoms with Crippen molar-refractivity contribution < 1.29 is 4.74 Å². The number of nitrogens with two attached hydrogens (primary N) is 1. The maximum Gasteiger partial charge on any atom is 0.122 e. The maximum atomic E-state index is 5.81. The van der Waals surface area contributed by atoms with Gasteiger partial charge in [0.2, 0.25) is 0 Å². The van der Waals surface area contributed by atoms with Gasteiger partial charge in [0.15, 0.2) is 0 Å². The number of hydrogen-bond donors (Lipinski definition) is 1. The summed E-state index contributed by atoms with van der Waals surface area (Å²) in [6, 6.07) is 4.36. The zero-order chi connectivity index (χ0) is 14.6. The summed E-state index contributed by atoms with van der Waals surface area (Å²) in [5.74, 6) is 0.988. The molecular formula is C16H28N2O. The van der Waals surface area contributed by atoms with Crippen molar-refractivity contribution in [3.8, 4) is 5.75 Å². The average molecular weight is 264 g/mol. The molecule has 1 aromatic rings. The highest BCUT2D eigenvalue weighted by atomic mass is 16.5. The van der Waals surface area contributed by atoms with Gasteiger partial charge in [-0.15, -0.1) is 0 Å². The van der Waals surface area contributed by atoms with E-state index in [4.69, 9.17) is 10.5 Å². The molecule has 0 aliphatic carbocycles. The zero-order valence-electron chi connectivity index (χ0n) is 13.2. The number of likely N-dealkylation sites (N-methyl/N-ethyl adjacent to an activating group) is 1. The third kappa shape index (κ3) is 3.95. The van der Waals surface area contributed by atoms with Crippen LogP contribution in [0, 0.1) is 13.8 Å². The third-order valence-electron chi connectivity index (χ3n) is 4.15. The predicted octanol–water partition coefficient (Wildman–Crippen LogP) is 2.52. The molecule has 1 aromatic carbocycles. The minimum atomic E-state index is 0.0347. The summed E-state index contributed by atoms with van der Waals surface area (Å²) in [7, 11) is 3.86. The Kier molecular flexibility index (Phi) is 5.39. The van der Waals surface area contributed by atoms with E-state index in [2.05, 4.69) is 51.8 Å². The molecule has 0 radical (unpaired) electrons. The predicted molar refractivity (Wildman–Crippen MR) is 81.9 cm³/mol. The Balaban J connectivity index is 2.80. The molecule has 0 atom stereocenters.